The van der Waals surface area contributed by atoms with E-state index in [1.807, 2.05) is 0 Å². The summed E-state index contributed by atoms with van der Waals surface area (Å²) in [5.41, 5.74) is 3.64. The van der Waals surface area contributed by atoms with Gasteiger partial charge in [-0.2, -0.15) is 10.2 Å². The molecule has 1 amide bonds. The van der Waals surface area contributed by atoms with Crippen molar-refractivity contribution in [2.45, 2.75) is 6.92 Å². The average molecular weight is 260 g/mol. The van der Waals surface area contributed by atoms with Crippen LogP contribution in [0.4, 0.5) is 0 Å². The fourth-order valence-corrected chi connectivity index (χ4v) is 1.39. The first kappa shape index (κ1) is 12.6. The SMILES string of the molecule is Cc1cc(C(=O)N/N=C/c2ccc(O)cc2O)n[nH]1. The summed E-state index contributed by atoms with van der Waals surface area (Å²) in [5, 5.41) is 28.7. The van der Waals surface area contributed by atoms with Gasteiger partial charge < -0.3 is 10.2 Å². The summed E-state index contributed by atoms with van der Waals surface area (Å²) in [6.45, 7) is 1.78. The first-order valence-electron chi connectivity index (χ1n) is 5.43. The van der Waals surface area contributed by atoms with Gasteiger partial charge in [0.05, 0.1) is 6.21 Å². The van der Waals surface area contributed by atoms with Gasteiger partial charge in [0, 0.05) is 17.3 Å². The van der Waals surface area contributed by atoms with E-state index in [-0.39, 0.29) is 17.2 Å². The third-order valence-electron chi connectivity index (χ3n) is 2.32. The van der Waals surface area contributed by atoms with Crippen LogP contribution in [0.3, 0.4) is 0 Å². The Labute approximate surface area is 108 Å². The first-order valence-corrected chi connectivity index (χ1v) is 5.43. The van der Waals surface area contributed by atoms with Crippen molar-refractivity contribution in [1.29, 1.82) is 0 Å². The van der Waals surface area contributed by atoms with Gasteiger partial charge in [0.2, 0.25) is 0 Å². The Morgan fingerprint density at radius 1 is 1.42 bits per heavy atom. The van der Waals surface area contributed by atoms with Crippen LogP contribution in [-0.4, -0.2) is 32.5 Å². The Morgan fingerprint density at radius 2 is 2.21 bits per heavy atom. The Kier molecular flexibility index (Phi) is 3.46. The third-order valence-corrected chi connectivity index (χ3v) is 2.32. The molecule has 7 nitrogen and oxygen atoms in total. The molecule has 0 spiro atoms. The summed E-state index contributed by atoms with van der Waals surface area (Å²) < 4.78 is 0. The van der Waals surface area contributed by atoms with E-state index in [0.29, 0.717) is 5.56 Å². The monoisotopic (exact) mass is 260 g/mol. The molecule has 2 rings (SSSR count). The van der Waals surface area contributed by atoms with Crippen LogP contribution in [0.25, 0.3) is 0 Å². The number of amides is 1. The summed E-state index contributed by atoms with van der Waals surface area (Å²) in [4.78, 5) is 11.6. The van der Waals surface area contributed by atoms with Gasteiger partial charge in [0.25, 0.3) is 5.91 Å². The zero-order chi connectivity index (χ0) is 13.8. The van der Waals surface area contributed by atoms with Gasteiger partial charge >= 0.3 is 0 Å². The zero-order valence-corrected chi connectivity index (χ0v) is 10.1. The zero-order valence-electron chi connectivity index (χ0n) is 10.1. The number of phenols is 2. The van der Waals surface area contributed by atoms with Crippen LogP contribution >= 0.6 is 0 Å². The Hall–Kier alpha value is -2.83. The lowest BCUT2D eigenvalue weighted by molar-refractivity contribution is 0.0950. The molecule has 19 heavy (non-hydrogen) atoms. The summed E-state index contributed by atoms with van der Waals surface area (Å²) in [5.74, 6) is -0.641. The van der Waals surface area contributed by atoms with E-state index in [0.717, 1.165) is 5.69 Å². The van der Waals surface area contributed by atoms with Crippen molar-refractivity contribution in [1.82, 2.24) is 15.6 Å². The molecule has 7 heteroatoms. The van der Waals surface area contributed by atoms with Gasteiger partial charge in [-0.1, -0.05) is 0 Å². The summed E-state index contributed by atoms with van der Waals surface area (Å²) in [6, 6.07) is 5.64. The Bertz CT molecular complexity index is 634. The van der Waals surface area contributed by atoms with Gasteiger partial charge in [-0.05, 0) is 25.1 Å². The molecule has 4 N–H and O–H groups in total. The second-order valence-electron chi connectivity index (χ2n) is 3.88. The predicted molar refractivity (Wildman–Crippen MR) is 68.2 cm³/mol. The smallest absolute Gasteiger partial charge is 0.291 e. The number of H-pyrrole nitrogens is 1. The number of hydrogen-bond donors (Lipinski definition) is 4. The second-order valence-corrected chi connectivity index (χ2v) is 3.88. The maximum atomic E-state index is 11.6. The van der Waals surface area contributed by atoms with E-state index < -0.39 is 5.91 Å². The molecule has 98 valence electrons. The second kappa shape index (κ2) is 5.21. The number of aromatic hydroxyl groups is 2. The number of aromatic amines is 1. The van der Waals surface area contributed by atoms with Gasteiger partial charge in [0.15, 0.2) is 5.69 Å². The molecule has 0 fully saturated rings. The summed E-state index contributed by atoms with van der Waals surface area (Å²) in [6.07, 6.45) is 1.27. The number of carbonyl (C=O) groups is 1. The van der Waals surface area contributed by atoms with Crippen molar-refractivity contribution in [3.63, 3.8) is 0 Å². The quantitative estimate of drug-likeness (QED) is 0.485. The number of nitrogens with one attached hydrogen (secondary N) is 2. The molecule has 0 bridgehead atoms. The normalized spacial score (nSPS) is 10.8. The standard InChI is InChI=1S/C12H12N4O3/c1-7-4-10(15-14-7)12(19)16-13-6-8-2-3-9(17)5-11(8)18/h2-6,17-18H,1H3,(H,14,15)(H,16,19)/b13-6+. The van der Waals surface area contributed by atoms with Crippen molar-refractivity contribution in [2.24, 2.45) is 5.10 Å². The third kappa shape index (κ3) is 3.09. The van der Waals surface area contributed by atoms with Gasteiger partial charge in [-0.25, -0.2) is 5.43 Å². The lowest BCUT2D eigenvalue weighted by Crippen LogP contribution is -2.18. The molecule has 2 aromatic rings. The molecule has 0 aliphatic heterocycles. The number of aryl methyl sites for hydroxylation is 1. The van der Waals surface area contributed by atoms with E-state index in [2.05, 4.69) is 20.7 Å². The number of benzene rings is 1. The molecule has 1 heterocycles. The van der Waals surface area contributed by atoms with Crippen molar-refractivity contribution in [3.05, 3.63) is 41.2 Å². The fourth-order valence-electron chi connectivity index (χ4n) is 1.39. The molecule has 0 saturated carbocycles. The Balaban J connectivity index is 2.02. The maximum absolute atomic E-state index is 11.6. The van der Waals surface area contributed by atoms with Gasteiger partial charge in [-0.3, -0.25) is 9.89 Å². The number of phenolic OH excluding ortho intramolecular Hbond substituents is 2. The van der Waals surface area contributed by atoms with Crippen LogP contribution in [0.2, 0.25) is 0 Å². The minimum Gasteiger partial charge on any atom is -0.508 e. The van der Waals surface area contributed by atoms with Crippen molar-refractivity contribution in [2.75, 3.05) is 0 Å². The number of carbonyl (C=O) groups excluding carboxylic acids is 1. The first-order chi connectivity index (χ1) is 9.06. The van der Waals surface area contributed by atoms with E-state index in [1.165, 1.54) is 24.4 Å². The number of rotatable bonds is 3. The summed E-state index contributed by atoms with van der Waals surface area (Å²) in [7, 11) is 0. The molecule has 1 aromatic carbocycles. The van der Waals surface area contributed by atoms with E-state index in [4.69, 9.17) is 5.11 Å². The number of aromatic nitrogens is 2. The molecular formula is C12H12N4O3. The molecular weight excluding hydrogens is 248 g/mol. The lowest BCUT2D eigenvalue weighted by Gasteiger charge is -1.99. The van der Waals surface area contributed by atoms with E-state index >= 15 is 0 Å². The molecule has 0 aliphatic rings. The lowest BCUT2D eigenvalue weighted by atomic mass is 10.2. The molecule has 0 aliphatic carbocycles. The number of hydrazone groups is 1. The van der Waals surface area contributed by atoms with Gasteiger partial charge in [-0.15, -0.1) is 0 Å². The van der Waals surface area contributed by atoms with Gasteiger partial charge in [0.1, 0.15) is 11.5 Å². The van der Waals surface area contributed by atoms with Crippen LogP contribution in [0.5, 0.6) is 11.5 Å². The van der Waals surface area contributed by atoms with Crippen LogP contribution in [0.15, 0.2) is 29.4 Å². The molecule has 0 unspecified atom stereocenters. The largest absolute Gasteiger partial charge is 0.508 e. The predicted octanol–water partition coefficient (Wildman–Crippen LogP) is 0.893. The highest BCUT2D eigenvalue weighted by Crippen LogP contribution is 2.20. The highest BCUT2D eigenvalue weighted by molar-refractivity contribution is 5.93. The summed E-state index contributed by atoms with van der Waals surface area (Å²) >= 11 is 0. The molecule has 1 aromatic heterocycles. The minimum atomic E-state index is -0.459. The highest BCUT2D eigenvalue weighted by atomic mass is 16.3. The maximum Gasteiger partial charge on any atom is 0.291 e. The van der Waals surface area contributed by atoms with Crippen LogP contribution in [-0.2, 0) is 0 Å². The highest BCUT2D eigenvalue weighted by Gasteiger charge is 2.07. The Morgan fingerprint density at radius 3 is 2.84 bits per heavy atom. The topological polar surface area (TPSA) is 111 Å². The minimum absolute atomic E-state index is 0.0503. The molecule has 0 atom stereocenters. The number of hydrogen-bond acceptors (Lipinski definition) is 5. The van der Waals surface area contributed by atoms with Crippen LogP contribution in [0, 0.1) is 6.92 Å². The van der Waals surface area contributed by atoms with E-state index in [9.17, 15) is 9.90 Å². The van der Waals surface area contributed by atoms with E-state index in [1.54, 1.807) is 13.0 Å². The van der Waals surface area contributed by atoms with Crippen molar-refractivity contribution >= 4 is 12.1 Å². The average Bonchev–Trinajstić information content (AvgIpc) is 2.78. The van der Waals surface area contributed by atoms with Crippen LogP contribution in [0.1, 0.15) is 21.7 Å². The van der Waals surface area contributed by atoms with Crippen molar-refractivity contribution in [3.8, 4) is 11.5 Å². The molecule has 0 saturated heterocycles. The number of nitrogens with zero attached hydrogens (tertiary/aromatic N) is 2. The van der Waals surface area contributed by atoms with Crippen molar-refractivity contribution < 1.29 is 15.0 Å². The van der Waals surface area contributed by atoms with Crippen LogP contribution < -0.4 is 5.43 Å². The molecule has 0 radical (unpaired) electrons. The fraction of sp³-hybridized carbons (Fsp3) is 0.0833.